The summed E-state index contributed by atoms with van der Waals surface area (Å²) < 4.78 is 17.9. The first-order valence-corrected chi connectivity index (χ1v) is 3.82. The van der Waals surface area contributed by atoms with Crippen LogP contribution in [0.15, 0.2) is 18.2 Å². The van der Waals surface area contributed by atoms with E-state index in [1.807, 2.05) is 0 Å². The molecule has 0 saturated heterocycles. The number of hydrogen-bond donors (Lipinski definition) is 1. The van der Waals surface area contributed by atoms with Crippen molar-refractivity contribution in [3.63, 3.8) is 0 Å². The molecule has 0 aliphatic carbocycles. The van der Waals surface area contributed by atoms with Crippen LogP contribution in [0.1, 0.15) is 5.56 Å². The van der Waals surface area contributed by atoms with Crippen molar-refractivity contribution in [2.45, 2.75) is 6.54 Å². The maximum Gasteiger partial charge on any atom is 0.148 e. The summed E-state index contributed by atoms with van der Waals surface area (Å²) in [5, 5.41) is 0. The summed E-state index contributed by atoms with van der Waals surface area (Å²) >= 11 is 0. The Morgan fingerprint density at radius 1 is 1.54 bits per heavy atom. The van der Waals surface area contributed by atoms with E-state index in [2.05, 4.69) is 5.92 Å². The van der Waals surface area contributed by atoms with Crippen LogP contribution in [-0.2, 0) is 6.54 Å². The van der Waals surface area contributed by atoms with E-state index in [0.29, 0.717) is 11.3 Å². The molecular formula is C10H10FNO. The lowest BCUT2D eigenvalue weighted by atomic mass is 10.2. The van der Waals surface area contributed by atoms with Crippen molar-refractivity contribution in [3.05, 3.63) is 29.6 Å². The standard InChI is InChI=1S/C10H10FNO/c1-2-5-13-10-4-3-9(11)6-8(10)7-12/h1,3-4,6H,5,7,12H2. The predicted octanol–water partition coefficient (Wildman–Crippen LogP) is 1.30. The van der Waals surface area contributed by atoms with Gasteiger partial charge in [0.1, 0.15) is 18.2 Å². The molecule has 0 saturated carbocycles. The van der Waals surface area contributed by atoms with Gasteiger partial charge in [-0.3, -0.25) is 0 Å². The molecule has 0 radical (unpaired) electrons. The summed E-state index contributed by atoms with van der Waals surface area (Å²) in [4.78, 5) is 0. The minimum Gasteiger partial charge on any atom is -0.481 e. The molecular weight excluding hydrogens is 169 g/mol. The summed E-state index contributed by atoms with van der Waals surface area (Å²) in [6.45, 7) is 0.399. The minimum absolute atomic E-state index is 0.165. The first-order chi connectivity index (χ1) is 6.27. The number of rotatable bonds is 3. The van der Waals surface area contributed by atoms with E-state index >= 15 is 0 Å². The Morgan fingerprint density at radius 3 is 2.92 bits per heavy atom. The van der Waals surface area contributed by atoms with Crippen molar-refractivity contribution in [1.82, 2.24) is 0 Å². The molecule has 2 N–H and O–H groups in total. The third kappa shape index (κ3) is 2.46. The fraction of sp³-hybridized carbons (Fsp3) is 0.200. The molecule has 0 aliphatic heterocycles. The lowest BCUT2D eigenvalue weighted by Gasteiger charge is -2.07. The van der Waals surface area contributed by atoms with E-state index in [9.17, 15) is 4.39 Å². The van der Waals surface area contributed by atoms with Crippen molar-refractivity contribution >= 4 is 0 Å². The summed E-state index contributed by atoms with van der Waals surface area (Å²) in [5.74, 6) is 2.54. The van der Waals surface area contributed by atoms with Gasteiger partial charge in [-0.15, -0.1) is 6.42 Å². The number of terminal acetylenes is 1. The van der Waals surface area contributed by atoms with Gasteiger partial charge in [-0.2, -0.15) is 0 Å². The van der Waals surface area contributed by atoms with Crippen molar-refractivity contribution in [1.29, 1.82) is 0 Å². The molecule has 68 valence electrons. The summed E-state index contributed by atoms with van der Waals surface area (Å²) in [7, 11) is 0. The normalized spacial score (nSPS) is 9.31. The van der Waals surface area contributed by atoms with Gasteiger partial charge < -0.3 is 10.5 Å². The maximum atomic E-state index is 12.7. The first-order valence-electron chi connectivity index (χ1n) is 3.82. The van der Waals surface area contributed by atoms with Crippen LogP contribution in [0.4, 0.5) is 4.39 Å². The molecule has 0 unspecified atom stereocenters. The van der Waals surface area contributed by atoms with Gasteiger partial charge in [0.15, 0.2) is 0 Å². The Kier molecular flexibility index (Phi) is 3.30. The van der Waals surface area contributed by atoms with Gasteiger partial charge >= 0.3 is 0 Å². The average molecular weight is 179 g/mol. The highest BCUT2D eigenvalue weighted by molar-refractivity contribution is 5.34. The molecule has 1 aromatic carbocycles. The van der Waals surface area contributed by atoms with Gasteiger partial charge in [-0.1, -0.05) is 5.92 Å². The van der Waals surface area contributed by atoms with Gasteiger partial charge in [-0.25, -0.2) is 4.39 Å². The third-order valence-electron chi connectivity index (χ3n) is 1.55. The molecule has 0 bridgehead atoms. The zero-order valence-electron chi connectivity index (χ0n) is 7.09. The molecule has 0 aromatic heterocycles. The summed E-state index contributed by atoms with van der Waals surface area (Å²) in [6, 6.07) is 4.17. The van der Waals surface area contributed by atoms with Crippen LogP contribution in [0.3, 0.4) is 0 Å². The highest BCUT2D eigenvalue weighted by Gasteiger charge is 2.02. The van der Waals surface area contributed by atoms with E-state index in [1.165, 1.54) is 18.2 Å². The topological polar surface area (TPSA) is 35.2 Å². The van der Waals surface area contributed by atoms with E-state index < -0.39 is 0 Å². The van der Waals surface area contributed by atoms with Gasteiger partial charge in [-0.05, 0) is 18.2 Å². The van der Waals surface area contributed by atoms with Gasteiger partial charge in [0, 0.05) is 12.1 Å². The van der Waals surface area contributed by atoms with Crippen LogP contribution in [0.25, 0.3) is 0 Å². The Balaban J connectivity index is 2.87. The second-order valence-electron chi connectivity index (χ2n) is 2.45. The second kappa shape index (κ2) is 4.48. The largest absolute Gasteiger partial charge is 0.481 e. The van der Waals surface area contributed by atoms with Crippen molar-refractivity contribution in [2.75, 3.05) is 6.61 Å². The number of hydrogen-bond acceptors (Lipinski definition) is 2. The van der Waals surface area contributed by atoms with Gasteiger partial charge in [0.25, 0.3) is 0 Å². The van der Waals surface area contributed by atoms with Crippen LogP contribution >= 0.6 is 0 Å². The third-order valence-corrected chi connectivity index (χ3v) is 1.55. The van der Waals surface area contributed by atoms with Gasteiger partial charge in [0.2, 0.25) is 0 Å². The monoisotopic (exact) mass is 179 g/mol. The fourth-order valence-electron chi connectivity index (χ4n) is 0.968. The number of ether oxygens (including phenoxy) is 1. The summed E-state index contributed by atoms with van der Waals surface area (Å²) in [6.07, 6.45) is 5.02. The predicted molar refractivity (Wildman–Crippen MR) is 48.6 cm³/mol. The number of benzene rings is 1. The molecule has 0 aliphatic rings. The Bertz CT molecular complexity index is 330. The second-order valence-corrected chi connectivity index (χ2v) is 2.45. The lowest BCUT2D eigenvalue weighted by molar-refractivity contribution is 0.365. The average Bonchev–Trinajstić information content (AvgIpc) is 2.16. The van der Waals surface area contributed by atoms with Crippen LogP contribution < -0.4 is 10.5 Å². The SMILES string of the molecule is C#CCOc1ccc(F)cc1CN. The summed E-state index contributed by atoms with van der Waals surface area (Å²) in [5.41, 5.74) is 6.01. The quantitative estimate of drug-likeness (QED) is 0.710. The molecule has 0 fully saturated rings. The lowest BCUT2D eigenvalue weighted by Crippen LogP contribution is -2.03. The van der Waals surface area contributed by atoms with Crippen molar-refractivity contribution in [2.24, 2.45) is 5.73 Å². The van der Waals surface area contributed by atoms with E-state index in [4.69, 9.17) is 16.9 Å². The molecule has 1 rings (SSSR count). The van der Waals surface area contributed by atoms with Crippen molar-refractivity contribution < 1.29 is 9.13 Å². The maximum absolute atomic E-state index is 12.7. The van der Waals surface area contributed by atoms with Crippen molar-refractivity contribution in [3.8, 4) is 18.1 Å². The van der Waals surface area contributed by atoms with Gasteiger partial charge in [0.05, 0.1) is 0 Å². The molecule has 13 heavy (non-hydrogen) atoms. The molecule has 0 amide bonds. The molecule has 0 heterocycles. The molecule has 1 aromatic rings. The smallest absolute Gasteiger partial charge is 0.148 e. The first kappa shape index (κ1) is 9.56. The van der Waals surface area contributed by atoms with Crippen LogP contribution in [-0.4, -0.2) is 6.61 Å². The fourth-order valence-corrected chi connectivity index (χ4v) is 0.968. The molecule has 0 spiro atoms. The number of halogens is 1. The van der Waals surface area contributed by atoms with Crippen LogP contribution in [0.2, 0.25) is 0 Å². The Labute approximate surface area is 76.5 Å². The van der Waals surface area contributed by atoms with E-state index in [-0.39, 0.29) is 19.0 Å². The Hall–Kier alpha value is -1.53. The van der Waals surface area contributed by atoms with E-state index in [1.54, 1.807) is 0 Å². The highest BCUT2D eigenvalue weighted by Crippen LogP contribution is 2.18. The molecule has 3 heteroatoms. The highest BCUT2D eigenvalue weighted by atomic mass is 19.1. The zero-order chi connectivity index (χ0) is 9.68. The number of nitrogens with two attached hydrogens (primary N) is 1. The zero-order valence-corrected chi connectivity index (χ0v) is 7.09. The van der Waals surface area contributed by atoms with Crippen LogP contribution in [0, 0.1) is 18.2 Å². The minimum atomic E-state index is -0.325. The molecule has 2 nitrogen and oxygen atoms in total. The van der Waals surface area contributed by atoms with Crippen LogP contribution in [0.5, 0.6) is 5.75 Å². The molecule has 0 atom stereocenters. The Morgan fingerprint density at radius 2 is 2.31 bits per heavy atom. The van der Waals surface area contributed by atoms with E-state index in [0.717, 1.165) is 0 Å².